The summed E-state index contributed by atoms with van der Waals surface area (Å²) in [4.78, 5) is 10.4. The minimum atomic E-state index is -4.48. The molecule has 1 aliphatic rings. The van der Waals surface area contributed by atoms with Gasteiger partial charge in [0.05, 0.1) is 0 Å². The van der Waals surface area contributed by atoms with E-state index < -0.39 is 43.0 Å². The Morgan fingerprint density at radius 2 is 2.05 bits per heavy atom. The van der Waals surface area contributed by atoms with Gasteiger partial charge in [-0.3, -0.25) is 4.79 Å². The maximum atomic E-state index is 13.6. The summed E-state index contributed by atoms with van der Waals surface area (Å²) in [6.45, 7) is 1.48. The third-order valence-electron chi connectivity index (χ3n) is 3.77. The molecule has 0 saturated heterocycles. The lowest BCUT2D eigenvalue weighted by molar-refractivity contribution is -0.144. The van der Waals surface area contributed by atoms with Crippen LogP contribution in [0.5, 0.6) is 0 Å². The predicted octanol–water partition coefficient (Wildman–Crippen LogP) is 1.99. The highest BCUT2D eigenvalue weighted by Gasteiger charge is 2.61. The molecule has 19 heavy (non-hydrogen) atoms. The van der Waals surface area contributed by atoms with Crippen molar-refractivity contribution in [2.24, 2.45) is 5.92 Å². The standard InChI is InChI=1S/C12H12F2O4S/c1-7-4-5-12(7,11(15)16)19(17,18)10-6-8(13)2-3-9(10)14/h2-3,6-7H,4-5H2,1H3,(H,15,16). The SMILES string of the molecule is CC1CCC1(C(=O)O)S(=O)(=O)c1cc(F)ccc1F. The molecule has 0 aromatic heterocycles. The van der Waals surface area contributed by atoms with Gasteiger partial charge in [-0.1, -0.05) is 6.92 Å². The van der Waals surface area contributed by atoms with Crippen LogP contribution in [0.3, 0.4) is 0 Å². The molecule has 0 spiro atoms. The van der Waals surface area contributed by atoms with Crippen LogP contribution in [-0.4, -0.2) is 24.2 Å². The number of hydrogen-bond acceptors (Lipinski definition) is 3. The van der Waals surface area contributed by atoms with Crippen LogP contribution in [0.1, 0.15) is 19.8 Å². The second-order valence-electron chi connectivity index (χ2n) is 4.71. The predicted molar refractivity (Wildman–Crippen MR) is 62.3 cm³/mol. The number of benzene rings is 1. The highest BCUT2D eigenvalue weighted by Crippen LogP contribution is 2.48. The van der Waals surface area contributed by atoms with Crippen molar-refractivity contribution < 1.29 is 27.1 Å². The van der Waals surface area contributed by atoms with Gasteiger partial charge in [0.25, 0.3) is 0 Å². The molecular weight excluding hydrogens is 278 g/mol. The summed E-state index contributed by atoms with van der Waals surface area (Å²) in [5, 5.41) is 9.22. The third kappa shape index (κ3) is 1.75. The molecule has 0 bridgehead atoms. The Morgan fingerprint density at radius 3 is 2.47 bits per heavy atom. The number of sulfone groups is 1. The lowest BCUT2D eigenvalue weighted by Gasteiger charge is -2.43. The van der Waals surface area contributed by atoms with Crippen LogP contribution in [0.15, 0.2) is 23.1 Å². The van der Waals surface area contributed by atoms with Gasteiger partial charge in [-0.15, -0.1) is 0 Å². The number of carboxylic acids is 1. The van der Waals surface area contributed by atoms with E-state index in [1.807, 2.05) is 0 Å². The molecule has 1 fully saturated rings. The van der Waals surface area contributed by atoms with E-state index in [1.54, 1.807) is 0 Å². The summed E-state index contributed by atoms with van der Waals surface area (Å²) in [6.07, 6.45) is 0.324. The van der Waals surface area contributed by atoms with Gasteiger partial charge in [0, 0.05) is 0 Å². The average molecular weight is 290 g/mol. The van der Waals surface area contributed by atoms with Crippen molar-refractivity contribution in [2.75, 3.05) is 0 Å². The molecule has 4 nitrogen and oxygen atoms in total. The Bertz CT molecular complexity index is 641. The first-order valence-corrected chi connectivity index (χ1v) is 7.15. The molecule has 0 aliphatic heterocycles. The topological polar surface area (TPSA) is 71.4 Å². The Morgan fingerprint density at radius 1 is 1.42 bits per heavy atom. The second kappa shape index (κ2) is 4.26. The fourth-order valence-electron chi connectivity index (χ4n) is 2.41. The first kappa shape index (κ1) is 13.9. The van der Waals surface area contributed by atoms with Gasteiger partial charge in [0.2, 0.25) is 0 Å². The van der Waals surface area contributed by atoms with Crippen LogP contribution in [-0.2, 0) is 14.6 Å². The third-order valence-corrected chi connectivity index (χ3v) is 6.40. The van der Waals surface area contributed by atoms with Crippen molar-refractivity contribution in [3.63, 3.8) is 0 Å². The zero-order chi connectivity index (χ0) is 14.4. The normalized spacial score (nSPS) is 26.8. The number of hydrogen-bond donors (Lipinski definition) is 1. The smallest absolute Gasteiger partial charge is 0.325 e. The van der Waals surface area contributed by atoms with E-state index in [1.165, 1.54) is 6.92 Å². The van der Waals surface area contributed by atoms with Crippen LogP contribution in [0, 0.1) is 17.6 Å². The fourth-order valence-corrected chi connectivity index (χ4v) is 4.66. The van der Waals surface area contributed by atoms with Crippen molar-refractivity contribution in [3.8, 4) is 0 Å². The Hall–Kier alpha value is -1.50. The molecule has 1 aliphatic carbocycles. The number of carboxylic acid groups (broad SMARTS) is 1. The Labute approximate surface area is 109 Å². The first-order valence-electron chi connectivity index (χ1n) is 5.66. The molecule has 2 atom stereocenters. The van der Waals surface area contributed by atoms with Crippen LogP contribution >= 0.6 is 0 Å². The summed E-state index contributed by atoms with van der Waals surface area (Å²) in [5.74, 6) is -4.22. The van der Waals surface area contributed by atoms with E-state index in [9.17, 15) is 27.1 Å². The molecule has 0 heterocycles. The van der Waals surface area contributed by atoms with Gasteiger partial charge in [0.1, 0.15) is 16.5 Å². The van der Waals surface area contributed by atoms with Crippen molar-refractivity contribution in [3.05, 3.63) is 29.8 Å². The largest absolute Gasteiger partial charge is 0.480 e. The van der Waals surface area contributed by atoms with E-state index in [4.69, 9.17) is 0 Å². The van der Waals surface area contributed by atoms with Crippen molar-refractivity contribution in [2.45, 2.75) is 29.4 Å². The van der Waals surface area contributed by atoms with E-state index in [2.05, 4.69) is 0 Å². The number of aliphatic carboxylic acids is 1. The number of rotatable bonds is 3. The van der Waals surface area contributed by atoms with Crippen LogP contribution in [0.2, 0.25) is 0 Å². The molecule has 7 heteroatoms. The van der Waals surface area contributed by atoms with Gasteiger partial charge in [-0.2, -0.15) is 0 Å². The molecule has 0 radical (unpaired) electrons. The summed E-state index contributed by atoms with van der Waals surface area (Å²) >= 11 is 0. The van der Waals surface area contributed by atoms with E-state index in [0.29, 0.717) is 18.6 Å². The molecule has 1 saturated carbocycles. The average Bonchev–Trinajstić information content (AvgIpc) is 2.29. The summed E-state index contributed by atoms with van der Waals surface area (Å²) in [5.41, 5.74) is 0. The van der Waals surface area contributed by atoms with Crippen molar-refractivity contribution in [1.29, 1.82) is 0 Å². The van der Waals surface area contributed by atoms with Crippen molar-refractivity contribution >= 4 is 15.8 Å². The second-order valence-corrected chi connectivity index (χ2v) is 6.89. The number of carbonyl (C=O) groups is 1. The van der Waals surface area contributed by atoms with Gasteiger partial charge < -0.3 is 5.11 Å². The van der Waals surface area contributed by atoms with Gasteiger partial charge in [0.15, 0.2) is 14.6 Å². The molecule has 0 amide bonds. The summed E-state index contributed by atoms with van der Waals surface area (Å²) in [7, 11) is -4.48. The van der Waals surface area contributed by atoms with Crippen molar-refractivity contribution in [1.82, 2.24) is 0 Å². The Balaban J connectivity index is 2.66. The maximum Gasteiger partial charge on any atom is 0.325 e. The zero-order valence-electron chi connectivity index (χ0n) is 10.1. The molecule has 104 valence electrons. The molecule has 1 N–H and O–H groups in total. The highest BCUT2D eigenvalue weighted by molar-refractivity contribution is 7.93. The fraction of sp³-hybridized carbons (Fsp3) is 0.417. The molecule has 2 unspecified atom stereocenters. The minimum absolute atomic E-state index is 0.0954. The zero-order valence-corrected chi connectivity index (χ0v) is 10.9. The van der Waals surface area contributed by atoms with Gasteiger partial charge in [-0.25, -0.2) is 17.2 Å². The van der Waals surface area contributed by atoms with Gasteiger partial charge >= 0.3 is 5.97 Å². The van der Waals surface area contributed by atoms with E-state index >= 15 is 0 Å². The quantitative estimate of drug-likeness (QED) is 0.924. The summed E-state index contributed by atoms with van der Waals surface area (Å²) in [6, 6.07) is 1.99. The molecule has 1 aromatic rings. The Kier molecular flexibility index (Phi) is 3.12. The lowest BCUT2D eigenvalue weighted by atomic mass is 9.74. The highest BCUT2D eigenvalue weighted by atomic mass is 32.2. The first-order chi connectivity index (χ1) is 8.73. The molecule has 1 aromatic carbocycles. The monoisotopic (exact) mass is 290 g/mol. The molecular formula is C12H12F2O4S. The van der Waals surface area contributed by atoms with Crippen LogP contribution < -0.4 is 0 Å². The molecule has 2 rings (SSSR count). The van der Waals surface area contributed by atoms with Crippen LogP contribution in [0.4, 0.5) is 8.78 Å². The van der Waals surface area contributed by atoms with Crippen LogP contribution in [0.25, 0.3) is 0 Å². The minimum Gasteiger partial charge on any atom is -0.480 e. The maximum absolute atomic E-state index is 13.6. The number of halogens is 2. The van der Waals surface area contributed by atoms with E-state index in [-0.39, 0.29) is 6.42 Å². The summed E-state index contributed by atoms with van der Waals surface area (Å²) < 4.78 is 49.4. The van der Waals surface area contributed by atoms with E-state index in [0.717, 1.165) is 6.07 Å². The lowest BCUT2D eigenvalue weighted by Crippen LogP contribution is -2.58. The van der Waals surface area contributed by atoms with Gasteiger partial charge in [-0.05, 0) is 37.0 Å².